The summed E-state index contributed by atoms with van der Waals surface area (Å²) in [5.74, 6) is 0.672. The van der Waals surface area contributed by atoms with Crippen molar-refractivity contribution in [1.82, 2.24) is 9.76 Å². The van der Waals surface area contributed by atoms with E-state index in [9.17, 15) is 9.36 Å². The Labute approximate surface area is 138 Å². The molecular weight excluding hydrogens is 315 g/mol. The van der Waals surface area contributed by atoms with Crippen molar-refractivity contribution in [2.45, 2.75) is 39.0 Å². The summed E-state index contributed by atoms with van der Waals surface area (Å²) in [7, 11) is 3.28. The number of nitrogens with one attached hydrogen (secondary N) is 1. The molecule has 1 aromatic carbocycles. The van der Waals surface area contributed by atoms with E-state index in [1.807, 2.05) is 13.0 Å². The maximum absolute atomic E-state index is 12.6. The number of aryl methyl sites for hydroxylation is 1. The predicted octanol–water partition coefficient (Wildman–Crippen LogP) is 4.33. The summed E-state index contributed by atoms with van der Waals surface area (Å²) >= 11 is 1.31. The minimum Gasteiger partial charge on any atom is -0.276 e. The van der Waals surface area contributed by atoms with Crippen LogP contribution in [-0.2, 0) is 15.8 Å². The van der Waals surface area contributed by atoms with Gasteiger partial charge >= 0.3 is 0 Å². The molecule has 0 fully saturated rings. The number of carbonyl (C=O) groups is 1. The molecule has 0 aliphatic heterocycles. The van der Waals surface area contributed by atoms with Gasteiger partial charge < -0.3 is 0 Å². The lowest BCUT2D eigenvalue weighted by Gasteiger charge is -2.26. The zero-order chi connectivity index (χ0) is 16.4. The van der Waals surface area contributed by atoms with E-state index in [1.165, 1.54) is 21.6 Å². The van der Waals surface area contributed by atoms with Crippen LogP contribution in [0.25, 0.3) is 0 Å². The van der Waals surface area contributed by atoms with E-state index in [0.717, 1.165) is 25.7 Å². The van der Waals surface area contributed by atoms with E-state index in [-0.39, 0.29) is 5.91 Å². The minimum atomic E-state index is -2.80. The fourth-order valence-electron chi connectivity index (χ4n) is 2.21. The first kappa shape index (κ1) is 19.3. The van der Waals surface area contributed by atoms with Crippen LogP contribution in [0.5, 0.6) is 0 Å². The zero-order valence-corrected chi connectivity index (χ0v) is 15.5. The van der Waals surface area contributed by atoms with Crippen molar-refractivity contribution in [1.29, 1.82) is 0 Å². The van der Waals surface area contributed by atoms with Crippen LogP contribution in [0.1, 0.15) is 38.2 Å². The van der Waals surface area contributed by atoms with E-state index in [2.05, 4.69) is 29.4 Å². The number of amides is 1. The van der Waals surface area contributed by atoms with Crippen LogP contribution in [0, 0.1) is 0 Å². The Morgan fingerprint density at radius 1 is 1.23 bits per heavy atom. The topological polar surface area (TPSA) is 49.4 Å². The molecule has 0 saturated carbocycles. The van der Waals surface area contributed by atoms with Gasteiger partial charge in [0.05, 0.1) is 0 Å². The molecule has 0 saturated heterocycles. The first-order valence-electron chi connectivity index (χ1n) is 7.78. The highest BCUT2D eigenvalue weighted by molar-refractivity contribution is 8.56. The number of unbranched alkanes of at least 4 members (excludes halogenated alkanes) is 2. The minimum absolute atomic E-state index is 0.0432. The molecule has 1 aromatic rings. The van der Waals surface area contributed by atoms with Gasteiger partial charge in [0.2, 0.25) is 5.91 Å². The lowest BCUT2D eigenvalue weighted by atomic mass is 10.1. The zero-order valence-electron chi connectivity index (χ0n) is 13.7. The van der Waals surface area contributed by atoms with Gasteiger partial charge in [-0.2, -0.15) is 0 Å². The van der Waals surface area contributed by atoms with Crippen molar-refractivity contribution >= 4 is 23.9 Å². The molecule has 1 atom stereocenters. The molecule has 22 heavy (non-hydrogen) atoms. The first-order valence-corrected chi connectivity index (χ1v) is 11.0. The Morgan fingerprint density at radius 3 is 2.50 bits per heavy atom. The van der Waals surface area contributed by atoms with Crippen molar-refractivity contribution in [2.75, 3.05) is 19.8 Å². The molecule has 1 amide bonds. The highest BCUT2D eigenvalue weighted by atomic mass is 32.7. The quantitative estimate of drug-likeness (QED) is 0.508. The number of benzene rings is 1. The van der Waals surface area contributed by atoms with E-state index < -0.39 is 6.65 Å². The number of hydrogen-bond donors (Lipinski definition) is 1. The molecule has 0 heterocycles. The molecular formula is C16H27N2O2PS. The summed E-state index contributed by atoms with van der Waals surface area (Å²) in [4.78, 5) is 12.2. The molecule has 0 bridgehead atoms. The third-order valence-corrected chi connectivity index (χ3v) is 8.83. The van der Waals surface area contributed by atoms with Gasteiger partial charge in [-0.15, -0.1) is 0 Å². The lowest BCUT2D eigenvalue weighted by Crippen LogP contribution is -2.27. The smallest absolute Gasteiger partial charge is 0.276 e. The monoisotopic (exact) mass is 342 g/mol. The van der Waals surface area contributed by atoms with Crippen LogP contribution in [0.2, 0.25) is 0 Å². The summed E-state index contributed by atoms with van der Waals surface area (Å²) in [6.45, 7) is -0.859. The third kappa shape index (κ3) is 6.15. The van der Waals surface area contributed by atoms with Gasteiger partial charge in [0, 0.05) is 19.2 Å². The van der Waals surface area contributed by atoms with Crippen molar-refractivity contribution < 1.29 is 9.36 Å². The second-order valence-corrected chi connectivity index (χ2v) is 10.3. The second kappa shape index (κ2) is 10.1. The van der Waals surface area contributed by atoms with E-state index in [0.29, 0.717) is 12.2 Å². The van der Waals surface area contributed by atoms with Gasteiger partial charge in [-0.25, -0.2) is 5.09 Å². The molecule has 0 radical (unpaired) electrons. The van der Waals surface area contributed by atoms with Crippen molar-refractivity contribution in [3.05, 3.63) is 35.9 Å². The molecule has 4 nitrogen and oxygen atoms in total. The average molecular weight is 342 g/mol. The van der Waals surface area contributed by atoms with E-state index in [1.54, 1.807) is 14.1 Å². The van der Waals surface area contributed by atoms with Gasteiger partial charge in [-0.05, 0) is 31.9 Å². The van der Waals surface area contributed by atoms with Crippen LogP contribution in [0.3, 0.4) is 0 Å². The van der Waals surface area contributed by atoms with Crippen LogP contribution >= 0.6 is 18.0 Å². The number of rotatable bonds is 10. The summed E-state index contributed by atoms with van der Waals surface area (Å²) in [5, 5.41) is 2.81. The Balaban J connectivity index is 2.29. The van der Waals surface area contributed by atoms with Crippen LogP contribution < -0.4 is 5.09 Å². The van der Waals surface area contributed by atoms with Crippen LogP contribution in [-0.4, -0.2) is 30.4 Å². The maximum Gasteiger partial charge on any atom is 0.294 e. The molecule has 1 N–H and O–H groups in total. The molecule has 124 valence electrons. The van der Waals surface area contributed by atoms with Gasteiger partial charge in [-0.3, -0.25) is 14.0 Å². The average Bonchev–Trinajstić information content (AvgIpc) is 2.54. The Morgan fingerprint density at radius 2 is 1.91 bits per heavy atom. The van der Waals surface area contributed by atoms with Crippen molar-refractivity contribution in [3.63, 3.8) is 0 Å². The molecule has 0 aliphatic carbocycles. The number of nitrogens with zero attached hydrogens (tertiary/aromatic N) is 1. The predicted molar refractivity (Wildman–Crippen MR) is 96.2 cm³/mol. The van der Waals surface area contributed by atoms with Crippen molar-refractivity contribution in [2.24, 2.45) is 0 Å². The summed E-state index contributed by atoms with van der Waals surface area (Å²) in [6.07, 6.45) is 4.44. The molecule has 1 unspecified atom stereocenters. The summed E-state index contributed by atoms with van der Waals surface area (Å²) in [5.41, 5.74) is 1.34. The standard InChI is InChI=1S/C16H27N2O2PS/c1-4-22-21(20,17-2)18(3)16(19)14-10-6-9-13-15-11-7-5-8-12-15/h5,7-8,11-12H,4,6,9-10,13-14H2,1-3H3,(H,17,20). The van der Waals surface area contributed by atoms with E-state index >= 15 is 0 Å². The fourth-order valence-corrected chi connectivity index (χ4v) is 5.79. The number of carbonyl (C=O) groups excluding carboxylic acids is 1. The molecule has 0 spiro atoms. The second-order valence-electron chi connectivity index (χ2n) is 5.13. The number of hydrogen-bond acceptors (Lipinski definition) is 3. The summed E-state index contributed by atoms with van der Waals surface area (Å²) in [6, 6.07) is 10.4. The van der Waals surface area contributed by atoms with Gasteiger partial charge in [0.15, 0.2) is 0 Å². The van der Waals surface area contributed by atoms with E-state index in [4.69, 9.17) is 0 Å². The molecule has 0 aromatic heterocycles. The lowest BCUT2D eigenvalue weighted by molar-refractivity contribution is -0.125. The third-order valence-electron chi connectivity index (χ3n) is 3.54. The van der Waals surface area contributed by atoms with Crippen LogP contribution in [0.15, 0.2) is 30.3 Å². The highest BCUT2D eigenvalue weighted by Crippen LogP contribution is 2.56. The van der Waals surface area contributed by atoms with Gasteiger partial charge in [-0.1, -0.05) is 55.1 Å². The van der Waals surface area contributed by atoms with Gasteiger partial charge in [0.1, 0.15) is 0 Å². The highest BCUT2D eigenvalue weighted by Gasteiger charge is 2.29. The Kier molecular flexibility index (Phi) is 8.84. The van der Waals surface area contributed by atoms with Crippen molar-refractivity contribution in [3.8, 4) is 0 Å². The SMILES string of the molecule is CCSP(=O)(NC)N(C)C(=O)CCCCCc1ccccc1. The van der Waals surface area contributed by atoms with Crippen LogP contribution in [0.4, 0.5) is 0 Å². The molecule has 0 aliphatic rings. The van der Waals surface area contributed by atoms with Gasteiger partial charge in [0.25, 0.3) is 6.65 Å². The Hall–Kier alpha value is -0.770. The first-order chi connectivity index (χ1) is 10.5. The molecule has 1 rings (SSSR count). The maximum atomic E-state index is 12.6. The largest absolute Gasteiger partial charge is 0.294 e. The molecule has 6 heteroatoms. The fraction of sp³-hybridized carbons (Fsp3) is 0.562. The Bertz CT molecular complexity index is 496. The normalized spacial score (nSPS) is 13.6. The summed E-state index contributed by atoms with van der Waals surface area (Å²) < 4.78 is 14.0.